The van der Waals surface area contributed by atoms with E-state index in [-0.39, 0.29) is 18.4 Å². The highest BCUT2D eigenvalue weighted by Gasteiger charge is 2.18. The van der Waals surface area contributed by atoms with Gasteiger partial charge in [0.25, 0.3) is 0 Å². The molecule has 1 N–H and O–H groups in total. The molecule has 1 amide bonds. The highest BCUT2D eigenvalue weighted by Crippen LogP contribution is 2.21. The van der Waals surface area contributed by atoms with Gasteiger partial charge in [0.1, 0.15) is 0 Å². The number of rotatable bonds is 4. The smallest absolute Gasteiger partial charge is 0.224 e. The zero-order valence-corrected chi connectivity index (χ0v) is 12.9. The first-order valence-electron chi connectivity index (χ1n) is 6.55. The standard InChI is InChI=1S/C14H18Cl2N2O2/c1-18-4-5-20-12(9-18)8-17-14(19)6-10-2-3-11(15)7-13(10)16/h2-3,7,12H,4-6,8-9H2,1H3,(H,17,19)/t12-/m0/s1. The Bertz CT molecular complexity index is 482. The third-order valence-electron chi connectivity index (χ3n) is 3.23. The molecule has 1 aliphatic heterocycles. The predicted molar refractivity (Wildman–Crippen MR) is 80.4 cm³/mol. The maximum absolute atomic E-state index is 11.9. The minimum absolute atomic E-state index is 0.0541. The van der Waals surface area contributed by atoms with Crippen molar-refractivity contribution in [3.8, 4) is 0 Å². The van der Waals surface area contributed by atoms with Gasteiger partial charge in [-0.05, 0) is 24.7 Å². The van der Waals surface area contributed by atoms with Crippen LogP contribution in [0.3, 0.4) is 0 Å². The van der Waals surface area contributed by atoms with Gasteiger partial charge in [0.2, 0.25) is 5.91 Å². The Balaban J connectivity index is 1.80. The molecule has 2 rings (SSSR count). The number of carbonyl (C=O) groups excluding carboxylic acids is 1. The average Bonchev–Trinajstić information content (AvgIpc) is 2.40. The van der Waals surface area contributed by atoms with E-state index >= 15 is 0 Å². The number of hydrogen-bond acceptors (Lipinski definition) is 3. The minimum Gasteiger partial charge on any atom is -0.374 e. The van der Waals surface area contributed by atoms with Crippen LogP contribution in [0.5, 0.6) is 0 Å². The van der Waals surface area contributed by atoms with Crippen molar-refractivity contribution in [2.24, 2.45) is 0 Å². The van der Waals surface area contributed by atoms with Crippen LogP contribution in [0.15, 0.2) is 18.2 Å². The largest absolute Gasteiger partial charge is 0.374 e. The lowest BCUT2D eigenvalue weighted by molar-refractivity contribution is -0.121. The molecule has 1 aromatic rings. The minimum atomic E-state index is -0.0638. The van der Waals surface area contributed by atoms with E-state index in [1.165, 1.54) is 0 Å². The molecular weight excluding hydrogens is 299 g/mol. The van der Waals surface area contributed by atoms with Crippen LogP contribution in [-0.2, 0) is 16.0 Å². The summed E-state index contributed by atoms with van der Waals surface area (Å²) in [6.07, 6.45) is 0.303. The molecule has 1 heterocycles. The topological polar surface area (TPSA) is 41.6 Å². The number of nitrogens with one attached hydrogen (secondary N) is 1. The van der Waals surface area contributed by atoms with Gasteiger partial charge in [-0.2, -0.15) is 0 Å². The van der Waals surface area contributed by atoms with Crippen LogP contribution in [0.25, 0.3) is 0 Å². The molecule has 0 aromatic heterocycles. The number of morpholine rings is 1. The van der Waals surface area contributed by atoms with Crippen LogP contribution in [0.1, 0.15) is 5.56 Å². The Labute approximate surface area is 129 Å². The van der Waals surface area contributed by atoms with Crippen LogP contribution >= 0.6 is 23.2 Å². The number of ether oxygens (including phenoxy) is 1. The molecule has 1 aromatic carbocycles. The van der Waals surface area contributed by atoms with Gasteiger partial charge < -0.3 is 15.0 Å². The first kappa shape index (κ1) is 15.6. The third kappa shape index (κ3) is 4.63. The Kier molecular flexibility index (Phi) is 5.66. The van der Waals surface area contributed by atoms with Gasteiger partial charge in [-0.15, -0.1) is 0 Å². The summed E-state index contributed by atoms with van der Waals surface area (Å²) in [5.74, 6) is -0.0638. The fourth-order valence-corrected chi connectivity index (χ4v) is 2.59. The maximum Gasteiger partial charge on any atom is 0.224 e. The summed E-state index contributed by atoms with van der Waals surface area (Å²) in [6, 6.07) is 5.15. The lowest BCUT2D eigenvalue weighted by Crippen LogP contribution is -2.46. The van der Waals surface area contributed by atoms with E-state index in [0.717, 1.165) is 18.7 Å². The number of nitrogens with zero attached hydrogens (tertiary/aromatic N) is 1. The summed E-state index contributed by atoms with van der Waals surface area (Å²) in [5, 5.41) is 3.96. The van der Waals surface area contributed by atoms with Gasteiger partial charge in [0, 0.05) is 29.7 Å². The maximum atomic E-state index is 11.9. The highest BCUT2D eigenvalue weighted by atomic mass is 35.5. The van der Waals surface area contributed by atoms with Gasteiger partial charge in [0.05, 0.1) is 19.1 Å². The van der Waals surface area contributed by atoms with Gasteiger partial charge in [-0.25, -0.2) is 0 Å². The second-order valence-electron chi connectivity index (χ2n) is 4.97. The number of likely N-dealkylation sites (N-methyl/N-ethyl adjacent to an activating group) is 1. The molecule has 1 fully saturated rings. The number of hydrogen-bond donors (Lipinski definition) is 1. The van der Waals surface area contributed by atoms with Gasteiger partial charge in [0.15, 0.2) is 0 Å². The lowest BCUT2D eigenvalue weighted by Gasteiger charge is -2.30. The quantitative estimate of drug-likeness (QED) is 0.923. The van der Waals surface area contributed by atoms with Crippen molar-refractivity contribution in [1.82, 2.24) is 10.2 Å². The van der Waals surface area contributed by atoms with Crippen LogP contribution in [0, 0.1) is 0 Å². The summed E-state index contributed by atoms with van der Waals surface area (Å²) in [7, 11) is 2.05. The van der Waals surface area contributed by atoms with Crippen LogP contribution < -0.4 is 5.32 Å². The van der Waals surface area contributed by atoms with E-state index < -0.39 is 0 Å². The Morgan fingerprint density at radius 2 is 2.30 bits per heavy atom. The molecule has 0 aliphatic carbocycles. The van der Waals surface area contributed by atoms with Gasteiger partial charge >= 0.3 is 0 Å². The van der Waals surface area contributed by atoms with Crippen molar-refractivity contribution >= 4 is 29.1 Å². The summed E-state index contributed by atoms with van der Waals surface area (Å²) < 4.78 is 5.59. The van der Waals surface area contributed by atoms with Gasteiger partial charge in [-0.1, -0.05) is 29.3 Å². The molecule has 20 heavy (non-hydrogen) atoms. The Hall–Kier alpha value is -0.810. The molecule has 0 saturated carbocycles. The van der Waals surface area contributed by atoms with Crippen LogP contribution in [0.4, 0.5) is 0 Å². The number of benzene rings is 1. The van der Waals surface area contributed by atoms with E-state index in [2.05, 4.69) is 10.2 Å². The van der Waals surface area contributed by atoms with Crippen LogP contribution in [-0.4, -0.2) is 50.2 Å². The molecule has 0 unspecified atom stereocenters. The molecule has 110 valence electrons. The van der Waals surface area contributed by atoms with E-state index in [0.29, 0.717) is 23.2 Å². The first-order chi connectivity index (χ1) is 9.54. The zero-order valence-electron chi connectivity index (χ0n) is 11.4. The fraction of sp³-hybridized carbons (Fsp3) is 0.500. The lowest BCUT2D eigenvalue weighted by atomic mass is 10.1. The fourth-order valence-electron chi connectivity index (χ4n) is 2.12. The summed E-state index contributed by atoms with van der Waals surface area (Å²) in [6.45, 7) is 3.00. The van der Waals surface area contributed by atoms with Crippen molar-refractivity contribution in [3.63, 3.8) is 0 Å². The molecular formula is C14H18Cl2N2O2. The van der Waals surface area contributed by atoms with Crippen molar-refractivity contribution in [2.45, 2.75) is 12.5 Å². The zero-order chi connectivity index (χ0) is 14.5. The van der Waals surface area contributed by atoms with E-state index in [1.807, 2.05) is 7.05 Å². The first-order valence-corrected chi connectivity index (χ1v) is 7.31. The van der Waals surface area contributed by atoms with Crippen molar-refractivity contribution < 1.29 is 9.53 Å². The number of amides is 1. The molecule has 4 nitrogen and oxygen atoms in total. The molecule has 6 heteroatoms. The SMILES string of the molecule is CN1CCO[C@@H](CNC(=O)Cc2ccc(Cl)cc2Cl)C1. The molecule has 0 bridgehead atoms. The van der Waals surface area contributed by atoms with Crippen LogP contribution in [0.2, 0.25) is 10.0 Å². The van der Waals surface area contributed by atoms with E-state index in [4.69, 9.17) is 27.9 Å². The second-order valence-corrected chi connectivity index (χ2v) is 5.82. The summed E-state index contributed by atoms with van der Waals surface area (Å²) in [5.41, 5.74) is 0.773. The van der Waals surface area contributed by atoms with Gasteiger partial charge in [-0.3, -0.25) is 4.79 Å². The molecule has 1 aliphatic rings. The van der Waals surface area contributed by atoms with E-state index in [1.54, 1.807) is 18.2 Å². The normalized spacial score (nSPS) is 19.9. The third-order valence-corrected chi connectivity index (χ3v) is 3.82. The molecule has 1 atom stereocenters. The highest BCUT2D eigenvalue weighted by molar-refractivity contribution is 6.35. The average molecular weight is 317 g/mol. The van der Waals surface area contributed by atoms with Crippen molar-refractivity contribution in [1.29, 1.82) is 0 Å². The Morgan fingerprint density at radius 1 is 1.50 bits per heavy atom. The molecule has 0 spiro atoms. The molecule has 0 radical (unpaired) electrons. The van der Waals surface area contributed by atoms with E-state index in [9.17, 15) is 4.79 Å². The second kappa shape index (κ2) is 7.27. The molecule has 1 saturated heterocycles. The summed E-state index contributed by atoms with van der Waals surface area (Å²) in [4.78, 5) is 14.1. The predicted octanol–water partition coefficient (Wildman–Crippen LogP) is 1.98. The van der Waals surface area contributed by atoms with Crippen molar-refractivity contribution in [2.75, 3.05) is 33.3 Å². The number of halogens is 2. The monoisotopic (exact) mass is 316 g/mol. The summed E-state index contributed by atoms with van der Waals surface area (Å²) >= 11 is 11.9. The Morgan fingerprint density at radius 3 is 3.00 bits per heavy atom. The number of carbonyl (C=O) groups is 1. The van der Waals surface area contributed by atoms with Crippen molar-refractivity contribution in [3.05, 3.63) is 33.8 Å².